The molecule has 0 radical (unpaired) electrons. The van der Waals surface area contributed by atoms with Crippen LogP contribution in [0.5, 0.6) is 0 Å². The molecule has 0 fully saturated rings. The molecule has 0 saturated carbocycles. The van der Waals surface area contributed by atoms with Gasteiger partial charge in [0.15, 0.2) is 6.61 Å². The Morgan fingerprint density at radius 1 is 0.970 bits per heavy atom. The van der Waals surface area contributed by atoms with Crippen LogP contribution >= 0.6 is 11.3 Å². The third-order valence-electron chi connectivity index (χ3n) is 4.35. The number of alkyl halides is 6. The number of amides is 1. The summed E-state index contributed by atoms with van der Waals surface area (Å²) in [4.78, 5) is 28.1. The minimum Gasteiger partial charge on any atom is -0.456 e. The van der Waals surface area contributed by atoms with Gasteiger partial charge in [0, 0.05) is 12.1 Å². The van der Waals surface area contributed by atoms with Crippen molar-refractivity contribution in [3.63, 3.8) is 0 Å². The Morgan fingerprint density at radius 3 is 2.21 bits per heavy atom. The minimum atomic E-state index is -5.05. The van der Waals surface area contributed by atoms with E-state index in [0.717, 1.165) is 15.2 Å². The number of benzene rings is 2. The van der Waals surface area contributed by atoms with Crippen molar-refractivity contribution < 1.29 is 40.7 Å². The molecule has 33 heavy (non-hydrogen) atoms. The Kier molecular flexibility index (Phi) is 7.25. The van der Waals surface area contributed by atoms with Gasteiger partial charge in [-0.2, -0.15) is 26.3 Å². The number of anilines is 1. The average Bonchev–Trinajstić information content (AvgIpc) is 3.13. The van der Waals surface area contributed by atoms with Crippen molar-refractivity contribution >= 4 is 39.1 Å². The van der Waals surface area contributed by atoms with Crippen molar-refractivity contribution in [2.24, 2.45) is 0 Å². The number of para-hydroxylation sites is 1. The number of nitrogens with one attached hydrogen (secondary N) is 1. The summed E-state index contributed by atoms with van der Waals surface area (Å²) in [7, 11) is 0. The van der Waals surface area contributed by atoms with Crippen LogP contribution in [0.25, 0.3) is 10.2 Å². The molecule has 3 aromatic rings. The van der Waals surface area contributed by atoms with Gasteiger partial charge in [0.05, 0.1) is 26.4 Å². The number of fused-ring (bicyclic) bond motifs is 1. The number of esters is 1. The molecule has 0 atom stereocenters. The highest BCUT2D eigenvalue weighted by Gasteiger charge is 2.37. The second-order valence-corrected chi connectivity index (χ2v) is 8.05. The SMILES string of the molecule is O=C(COC(=O)CCCc1nc2ccccc2s1)Nc1cc(C(F)(F)F)cc(C(F)(F)F)c1. The van der Waals surface area contributed by atoms with E-state index in [0.29, 0.717) is 25.0 Å². The zero-order valence-corrected chi connectivity index (χ0v) is 17.5. The number of rotatable bonds is 7. The van der Waals surface area contributed by atoms with Crippen LogP contribution in [0.1, 0.15) is 29.0 Å². The third-order valence-corrected chi connectivity index (χ3v) is 5.44. The molecule has 0 aliphatic heterocycles. The van der Waals surface area contributed by atoms with Gasteiger partial charge in [-0.25, -0.2) is 4.98 Å². The number of thiazole rings is 1. The Balaban J connectivity index is 1.50. The van der Waals surface area contributed by atoms with Gasteiger partial charge in [-0.3, -0.25) is 9.59 Å². The Bertz CT molecular complexity index is 1090. The van der Waals surface area contributed by atoms with Crippen LogP contribution in [0, 0.1) is 0 Å². The Hall–Kier alpha value is -3.15. The summed E-state index contributed by atoms with van der Waals surface area (Å²) in [5.74, 6) is -1.80. The molecule has 2 aromatic carbocycles. The first kappa shape index (κ1) is 24.5. The van der Waals surface area contributed by atoms with E-state index in [4.69, 9.17) is 4.74 Å². The average molecular weight is 490 g/mol. The summed E-state index contributed by atoms with van der Waals surface area (Å²) in [6, 6.07) is 8.21. The number of nitrogens with zero attached hydrogens (tertiary/aromatic N) is 1. The van der Waals surface area contributed by atoms with E-state index < -0.39 is 47.7 Å². The molecule has 5 nitrogen and oxygen atoms in total. The molecule has 12 heteroatoms. The van der Waals surface area contributed by atoms with E-state index >= 15 is 0 Å². The van der Waals surface area contributed by atoms with Crippen molar-refractivity contribution in [1.82, 2.24) is 4.98 Å². The van der Waals surface area contributed by atoms with E-state index in [1.807, 2.05) is 29.6 Å². The van der Waals surface area contributed by atoms with Gasteiger partial charge in [0.1, 0.15) is 0 Å². The lowest BCUT2D eigenvalue weighted by Gasteiger charge is -2.14. The normalized spacial score (nSPS) is 12.1. The van der Waals surface area contributed by atoms with Crippen LogP contribution < -0.4 is 5.32 Å². The summed E-state index contributed by atoms with van der Waals surface area (Å²) in [6.45, 7) is -0.850. The summed E-state index contributed by atoms with van der Waals surface area (Å²) in [5.41, 5.74) is -3.01. The van der Waals surface area contributed by atoms with Crippen molar-refractivity contribution in [3.05, 3.63) is 58.6 Å². The first-order valence-electron chi connectivity index (χ1n) is 9.51. The summed E-state index contributed by atoms with van der Waals surface area (Å²) in [5, 5.41) is 2.72. The fraction of sp³-hybridized carbons (Fsp3) is 0.286. The molecule has 1 amide bonds. The van der Waals surface area contributed by atoms with E-state index in [2.05, 4.69) is 4.98 Å². The zero-order valence-electron chi connectivity index (χ0n) is 16.7. The number of aromatic nitrogens is 1. The van der Waals surface area contributed by atoms with Gasteiger partial charge >= 0.3 is 18.3 Å². The van der Waals surface area contributed by atoms with Gasteiger partial charge in [0.25, 0.3) is 5.91 Å². The second kappa shape index (κ2) is 9.77. The number of hydrogen-bond donors (Lipinski definition) is 1. The standard InChI is InChI=1S/C21H16F6N2O3S/c22-20(23,24)12-8-13(21(25,26)27)10-14(9-12)28-17(30)11-32-19(31)7-3-6-18-29-15-4-1-2-5-16(15)33-18/h1-2,4-5,8-10H,3,6-7,11H2,(H,28,30). The maximum Gasteiger partial charge on any atom is 0.416 e. The van der Waals surface area contributed by atoms with Crippen LogP contribution in [-0.4, -0.2) is 23.5 Å². The highest BCUT2D eigenvalue weighted by atomic mass is 32.1. The van der Waals surface area contributed by atoms with Gasteiger partial charge in [-0.1, -0.05) is 12.1 Å². The highest BCUT2D eigenvalue weighted by molar-refractivity contribution is 7.18. The van der Waals surface area contributed by atoms with Crippen LogP contribution in [0.15, 0.2) is 42.5 Å². The van der Waals surface area contributed by atoms with Crippen molar-refractivity contribution in [3.8, 4) is 0 Å². The number of carbonyl (C=O) groups is 2. The largest absolute Gasteiger partial charge is 0.456 e. The Morgan fingerprint density at radius 2 is 1.61 bits per heavy atom. The fourth-order valence-electron chi connectivity index (χ4n) is 2.85. The van der Waals surface area contributed by atoms with Crippen LogP contribution in [0.3, 0.4) is 0 Å². The molecule has 1 heterocycles. The molecule has 0 saturated heterocycles. The molecule has 3 rings (SSSR count). The van der Waals surface area contributed by atoms with Crippen LogP contribution in [0.2, 0.25) is 0 Å². The topological polar surface area (TPSA) is 68.3 Å². The van der Waals surface area contributed by atoms with Crippen LogP contribution in [-0.2, 0) is 33.1 Å². The van der Waals surface area contributed by atoms with Crippen molar-refractivity contribution in [1.29, 1.82) is 0 Å². The predicted molar refractivity (Wildman–Crippen MR) is 109 cm³/mol. The molecule has 1 aromatic heterocycles. The van der Waals surface area contributed by atoms with E-state index in [1.54, 1.807) is 0 Å². The lowest BCUT2D eigenvalue weighted by atomic mass is 10.1. The second-order valence-electron chi connectivity index (χ2n) is 6.93. The lowest BCUT2D eigenvalue weighted by Crippen LogP contribution is -2.21. The van der Waals surface area contributed by atoms with Crippen LogP contribution in [0.4, 0.5) is 32.0 Å². The quantitative estimate of drug-likeness (QED) is 0.334. The molecule has 0 aliphatic rings. The first-order chi connectivity index (χ1) is 15.4. The molecule has 0 bridgehead atoms. The predicted octanol–water partition coefficient (Wildman–Crippen LogP) is 5.84. The van der Waals surface area contributed by atoms with E-state index in [-0.39, 0.29) is 12.5 Å². The monoisotopic (exact) mass is 490 g/mol. The molecule has 176 valence electrons. The van der Waals surface area contributed by atoms with Crippen molar-refractivity contribution in [2.45, 2.75) is 31.6 Å². The van der Waals surface area contributed by atoms with Gasteiger partial charge in [-0.05, 0) is 43.2 Å². The van der Waals surface area contributed by atoms with Gasteiger partial charge in [0.2, 0.25) is 0 Å². The molecule has 0 spiro atoms. The van der Waals surface area contributed by atoms with Crippen molar-refractivity contribution in [2.75, 3.05) is 11.9 Å². The number of halogens is 6. The zero-order chi connectivity index (χ0) is 24.2. The molecular formula is C21H16F6N2O3S. The first-order valence-corrected chi connectivity index (χ1v) is 10.3. The highest BCUT2D eigenvalue weighted by Crippen LogP contribution is 2.37. The number of carbonyl (C=O) groups excluding carboxylic acids is 2. The smallest absolute Gasteiger partial charge is 0.416 e. The van der Waals surface area contributed by atoms with E-state index in [9.17, 15) is 35.9 Å². The summed E-state index contributed by atoms with van der Waals surface area (Å²) < 4.78 is 83.0. The lowest BCUT2D eigenvalue weighted by molar-refractivity contribution is -0.147. The van der Waals surface area contributed by atoms with E-state index in [1.165, 1.54) is 11.3 Å². The number of ether oxygens (including phenoxy) is 1. The molecule has 0 unspecified atom stereocenters. The van der Waals surface area contributed by atoms with Gasteiger partial charge < -0.3 is 10.1 Å². The molecular weight excluding hydrogens is 474 g/mol. The third kappa shape index (κ3) is 6.91. The molecule has 1 N–H and O–H groups in total. The summed E-state index contributed by atoms with van der Waals surface area (Å²) in [6.07, 6.45) is -9.23. The van der Waals surface area contributed by atoms with Gasteiger partial charge in [-0.15, -0.1) is 11.3 Å². The maximum absolute atomic E-state index is 12.9. The number of hydrogen-bond acceptors (Lipinski definition) is 5. The number of aryl methyl sites for hydroxylation is 1. The molecule has 0 aliphatic carbocycles. The summed E-state index contributed by atoms with van der Waals surface area (Å²) >= 11 is 1.49. The Labute approximate surface area is 187 Å². The minimum absolute atomic E-state index is 0.0367. The maximum atomic E-state index is 12.9. The fourth-order valence-corrected chi connectivity index (χ4v) is 3.86.